The van der Waals surface area contributed by atoms with E-state index in [4.69, 9.17) is 11.2 Å². The Hall–Kier alpha value is -1.40. The molecular formula is C19H27I2NO5. The van der Waals surface area contributed by atoms with Gasteiger partial charge in [-0.2, -0.15) is 0 Å². The van der Waals surface area contributed by atoms with E-state index in [1.54, 1.807) is 12.1 Å². The van der Waals surface area contributed by atoms with Gasteiger partial charge in [0, 0.05) is 38.8 Å². The van der Waals surface area contributed by atoms with Crippen LogP contribution in [0.5, 0.6) is 0 Å². The maximum atomic E-state index is 10.8. The molecule has 0 spiro atoms. The van der Waals surface area contributed by atoms with E-state index < -0.39 is 32.6 Å². The van der Waals surface area contributed by atoms with E-state index in [0.717, 1.165) is 10.7 Å². The molecule has 2 aromatic rings. The van der Waals surface area contributed by atoms with Crippen molar-refractivity contribution in [3.63, 3.8) is 0 Å². The molecule has 0 amide bonds. The van der Waals surface area contributed by atoms with E-state index in [1.807, 2.05) is 31.3 Å². The van der Waals surface area contributed by atoms with Crippen LogP contribution in [0, 0.1) is 7.14 Å². The van der Waals surface area contributed by atoms with Crippen LogP contribution in [-0.4, -0.2) is 31.2 Å². The first-order valence-electron chi connectivity index (χ1n) is 7.39. The second kappa shape index (κ2) is 18.0. The van der Waals surface area contributed by atoms with Crippen LogP contribution in [0.25, 0.3) is 0 Å². The van der Waals surface area contributed by atoms with Gasteiger partial charge < -0.3 is 5.11 Å². The van der Waals surface area contributed by atoms with Crippen molar-refractivity contribution in [1.82, 2.24) is 0 Å². The molecule has 0 atom stereocenters. The van der Waals surface area contributed by atoms with Crippen molar-refractivity contribution in [1.29, 1.82) is 0 Å². The summed E-state index contributed by atoms with van der Waals surface area (Å²) in [5, 5.41) is 7.00. The minimum absolute atomic E-state index is 0. The van der Waals surface area contributed by atoms with Crippen LogP contribution in [-0.2, 0) is 15.7 Å². The zero-order chi connectivity index (χ0) is 19.8. The molecule has 8 heteroatoms. The van der Waals surface area contributed by atoms with Crippen LogP contribution in [0.2, 0.25) is 0 Å². The molecule has 0 unspecified atom stereocenters. The van der Waals surface area contributed by atoms with Gasteiger partial charge in [-0.15, -0.1) is 0 Å². The standard InChI is InChI=1S/C10H11IO4.C7H8IN.CH4O.CH4/c1-8(12)14-11(15-9(2)13)10-6-4-3-5-7-10;1-9-8-7-5-3-2-4-6-7;1-2;/h3-7H,1-2H3;2-6H,1H3;2H,1H3;1H4. The number of benzene rings is 2. The summed E-state index contributed by atoms with van der Waals surface area (Å²) in [5.74, 6) is -0.851. The van der Waals surface area contributed by atoms with Crippen molar-refractivity contribution in [2.24, 2.45) is 3.15 Å². The fourth-order valence-corrected chi connectivity index (χ4v) is 5.41. The first-order chi connectivity index (χ1) is 12.5. The topological polar surface area (TPSA) is 85.2 Å². The molecule has 6 nitrogen and oxygen atoms in total. The third-order valence-electron chi connectivity index (χ3n) is 2.18. The van der Waals surface area contributed by atoms with Crippen LogP contribution in [0.3, 0.4) is 0 Å². The molecule has 0 fully saturated rings. The van der Waals surface area contributed by atoms with Gasteiger partial charge >= 0.3 is 96.1 Å². The second-order valence-corrected chi connectivity index (χ2v) is 10.3. The molecule has 0 aliphatic rings. The molecule has 0 bridgehead atoms. The van der Waals surface area contributed by atoms with Gasteiger partial charge in [-0.1, -0.05) is 25.6 Å². The zero-order valence-electron chi connectivity index (χ0n) is 15.1. The molecule has 1 N–H and O–H groups in total. The smallest absolute Gasteiger partial charge is 0.0336 e. The summed E-state index contributed by atoms with van der Waals surface area (Å²) in [7, 11) is 2.88. The summed E-state index contributed by atoms with van der Waals surface area (Å²) in [6.45, 7) is 2.60. The van der Waals surface area contributed by atoms with Gasteiger partial charge in [0.25, 0.3) is 0 Å². The number of carbonyl (C=O) groups excluding carboxylic acids is 2. The summed E-state index contributed by atoms with van der Waals surface area (Å²) < 4.78 is 16.3. The van der Waals surface area contributed by atoms with E-state index in [1.165, 1.54) is 17.4 Å². The third-order valence-corrected chi connectivity index (χ3v) is 7.72. The average molecular weight is 603 g/mol. The van der Waals surface area contributed by atoms with Gasteiger partial charge in [0.15, 0.2) is 0 Å². The molecule has 152 valence electrons. The Balaban J connectivity index is 0. The van der Waals surface area contributed by atoms with Gasteiger partial charge in [0.2, 0.25) is 0 Å². The number of hydrogen-bond donors (Lipinski definition) is 1. The van der Waals surface area contributed by atoms with Crippen LogP contribution in [0.15, 0.2) is 63.8 Å². The number of aliphatic hydroxyl groups is 1. The first kappa shape index (κ1) is 27.8. The molecular weight excluding hydrogens is 576 g/mol. The molecule has 2 rings (SSSR count). The SMILES string of the molecule is C.CC(=O)OI(OC(C)=O)c1ccccc1.CN=Ic1ccccc1.CO. The number of halogens is 2. The van der Waals surface area contributed by atoms with E-state index >= 15 is 0 Å². The Morgan fingerprint density at radius 2 is 1.30 bits per heavy atom. The Morgan fingerprint density at radius 3 is 1.67 bits per heavy atom. The van der Waals surface area contributed by atoms with E-state index in [2.05, 4.69) is 27.4 Å². The minimum atomic E-state index is -2.59. The normalized spacial score (nSPS) is 9.74. The fourth-order valence-electron chi connectivity index (χ4n) is 1.39. The van der Waals surface area contributed by atoms with Gasteiger partial charge in [-0.25, -0.2) is 0 Å². The Labute approximate surface area is 179 Å². The fraction of sp³-hybridized carbons (Fsp3) is 0.263. The van der Waals surface area contributed by atoms with Crippen LogP contribution in [0.4, 0.5) is 0 Å². The van der Waals surface area contributed by atoms with E-state index in [-0.39, 0.29) is 28.5 Å². The van der Waals surface area contributed by atoms with Crippen molar-refractivity contribution >= 4 is 53.6 Å². The average Bonchev–Trinajstić information content (AvgIpc) is 2.65. The minimum Gasteiger partial charge on any atom is -0.400 e. The maximum Gasteiger partial charge on any atom is 0.0336 e. The summed E-state index contributed by atoms with van der Waals surface area (Å²) in [5.41, 5.74) is 0. The predicted molar refractivity (Wildman–Crippen MR) is 125 cm³/mol. The third kappa shape index (κ3) is 14.3. The molecule has 0 saturated heterocycles. The zero-order valence-corrected chi connectivity index (χ0v) is 19.4. The number of carbonyl (C=O) groups is 2. The number of nitrogens with zero attached hydrogens (tertiary/aromatic N) is 1. The van der Waals surface area contributed by atoms with E-state index in [0.29, 0.717) is 0 Å². The van der Waals surface area contributed by atoms with Gasteiger partial charge in [-0.3, -0.25) is 3.15 Å². The predicted octanol–water partition coefficient (Wildman–Crippen LogP) is 5.20. The Kier molecular flexibility index (Phi) is 18.5. The molecule has 0 radical (unpaired) electrons. The Bertz CT molecular complexity index is 650. The van der Waals surface area contributed by atoms with Crippen LogP contribution < -0.4 is 0 Å². The maximum absolute atomic E-state index is 10.8. The molecule has 2 aromatic carbocycles. The summed E-state index contributed by atoms with van der Waals surface area (Å²) in [6, 6.07) is 19.4. The number of aliphatic hydroxyl groups excluding tert-OH is 1. The summed E-state index contributed by atoms with van der Waals surface area (Å²) in [4.78, 5) is 21.7. The van der Waals surface area contributed by atoms with E-state index in [9.17, 15) is 9.59 Å². The van der Waals surface area contributed by atoms with Crippen molar-refractivity contribution in [3.05, 3.63) is 67.8 Å². The molecule has 0 saturated carbocycles. The first-order valence-corrected chi connectivity index (χ1v) is 12.3. The van der Waals surface area contributed by atoms with Gasteiger partial charge in [-0.05, 0) is 12.1 Å². The van der Waals surface area contributed by atoms with Gasteiger partial charge in [0.05, 0.1) is 0 Å². The van der Waals surface area contributed by atoms with Gasteiger partial charge in [0.1, 0.15) is 0 Å². The van der Waals surface area contributed by atoms with Crippen molar-refractivity contribution in [2.45, 2.75) is 21.3 Å². The summed E-state index contributed by atoms with van der Waals surface area (Å²) in [6.07, 6.45) is 0. The van der Waals surface area contributed by atoms with Crippen molar-refractivity contribution < 1.29 is 20.8 Å². The Morgan fingerprint density at radius 1 is 0.889 bits per heavy atom. The number of hydrogen-bond acceptors (Lipinski definition) is 6. The second-order valence-electron chi connectivity index (χ2n) is 4.20. The quantitative estimate of drug-likeness (QED) is 0.486. The molecule has 0 aliphatic carbocycles. The molecule has 27 heavy (non-hydrogen) atoms. The van der Waals surface area contributed by atoms with Crippen LogP contribution >= 0.6 is 41.7 Å². The molecule has 0 aliphatic heterocycles. The van der Waals surface area contributed by atoms with Crippen LogP contribution in [0.1, 0.15) is 21.3 Å². The molecule has 0 heterocycles. The summed E-state index contributed by atoms with van der Waals surface area (Å²) >= 11 is -2.64. The number of rotatable bonds is 4. The monoisotopic (exact) mass is 603 g/mol. The van der Waals surface area contributed by atoms with Crippen molar-refractivity contribution in [3.8, 4) is 0 Å². The molecule has 0 aromatic heterocycles. The van der Waals surface area contributed by atoms with Crippen molar-refractivity contribution in [2.75, 3.05) is 14.2 Å². The largest absolute Gasteiger partial charge is 0.400 e.